The smallest absolute Gasteiger partial charge is 0.422 e. The van der Waals surface area contributed by atoms with Gasteiger partial charge >= 0.3 is 6.18 Å². The van der Waals surface area contributed by atoms with Gasteiger partial charge in [0, 0.05) is 30.2 Å². The predicted molar refractivity (Wildman–Crippen MR) is 121 cm³/mol. The zero-order chi connectivity index (χ0) is 24.8. The number of halogens is 3. The quantitative estimate of drug-likeness (QED) is 0.574. The molecular formula is C22H23F3N4O4S. The molecule has 0 unspecified atom stereocenters. The number of anilines is 3. The van der Waals surface area contributed by atoms with E-state index in [1.165, 1.54) is 12.5 Å². The highest BCUT2D eigenvalue weighted by atomic mass is 32.2. The van der Waals surface area contributed by atoms with E-state index in [2.05, 4.69) is 19.7 Å². The molecule has 0 radical (unpaired) electrons. The Balaban J connectivity index is 1.57. The van der Waals surface area contributed by atoms with Gasteiger partial charge < -0.3 is 15.0 Å². The largest absolute Gasteiger partial charge is 0.483 e. The lowest BCUT2D eigenvalue weighted by atomic mass is 10.1. The van der Waals surface area contributed by atoms with Gasteiger partial charge in [-0.25, -0.2) is 8.42 Å². The second-order valence-corrected chi connectivity index (χ2v) is 9.45. The number of piperidine rings is 1. The van der Waals surface area contributed by atoms with Gasteiger partial charge in [-0.1, -0.05) is 0 Å². The fourth-order valence-electron chi connectivity index (χ4n) is 3.46. The van der Waals surface area contributed by atoms with Crippen LogP contribution in [0.2, 0.25) is 0 Å². The van der Waals surface area contributed by atoms with Crippen molar-refractivity contribution in [3.63, 3.8) is 0 Å². The van der Waals surface area contributed by atoms with Crippen LogP contribution in [0.15, 0.2) is 42.5 Å². The van der Waals surface area contributed by atoms with E-state index in [4.69, 9.17) is 5.26 Å². The van der Waals surface area contributed by atoms with Gasteiger partial charge in [0.25, 0.3) is 0 Å². The molecule has 1 aliphatic rings. The first-order chi connectivity index (χ1) is 16.0. The fraction of sp³-hybridized carbons (Fsp3) is 0.364. The van der Waals surface area contributed by atoms with Crippen LogP contribution < -0.4 is 19.7 Å². The molecule has 0 atom stereocenters. The second kappa shape index (κ2) is 10.6. The molecule has 0 aromatic heterocycles. The molecule has 0 aliphatic carbocycles. The maximum absolute atomic E-state index is 12.4. The molecule has 8 nitrogen and oxygen atoms in total. The number of rotatable bonds is 8. The van der Waals surface area contributed by atoms with Crippen molar-refractivity contribution in [2.75, 3.05) is 40.4 Å². The number of nitrogens with one attached hydrogen (secondary N) is 2. The van der Waals surface area contributed by atoms with Gasteiger partial charge in [0.2, 0.25) is 15.9 Å². The van der Waals surface area contributed by atoms with Crippen LogP contribution in [-0.2, 0) is 14.8 Å². The second-order valence-electron chi connectivity index (χ2n) is 7.73. The van der Waals surface area contributed by atoms with E-state index < -0.39 is 34.5 Å². The molecule has 0 bridgehead atoms. The summed E-state index contributed by atoms with van der Waals surface area (Å²) >= 11 is 0. The lowest BCUT2D eigenvalue weighted by Gasteiger charge is -2.28. The third-order valence-corrected chi connectivity index (χ3v) is 6.15. The topological polar surface area (TPSA) is 112 Å². The molecule has 0 spiro atoms. The number of benzene rings is 2. The Morgan fingerprint density at radius 3 is 2.32 bits per heavy atom. The van der Waals surface area contributed by atoms with Crippen molar-refractivity contribution in [1.29, 1.82) is 5.26 Å². The van der Waals surface area contributed by atoms with Crippen molar-refractivity contribution in [3.8, 4) is 11.8 Å². The van der Waals surface area contributed by atoms with Crippen molar-refractivity contribution >= 4 is 33.0 Å². The molecule has 12 heteroatoms. The van der Waals surface area contributed by atoms with Gasteiger partial charge in [-0.2, -0.15) is 18.4 Å². The first-order valence-electron chi connectivity index (χ1n) is 10.4. The molecule has 34 heavy (non-hydrogen) atoms. The van der Waals surface area contributed by atoms with E-state index in [0.29, 0.717) is 5.69 Å². The minimum absolute atomic E-state index is 0.0435. The number of ether oxygens (including phenoxy) is 1. The number of carbonyl (C=O) groups excluding carboxylic acids is 1. The summed E-state index contributed by atoms with van der Waals surface area (Å²) in [6, 6.07) is 12.0. The highest BCUT2D eigenvalue weighted by molar-refractivity contribution is 7.93. The molecule has 2 N–H and O–H groups in total. The normalized spacial score (nSPS) is 14.2. The van der Waals surface area contributed by atoms with Gasteiger partial charge in [-0.15, -0.1) is 0 Å². The van der Waals surface area contributed by atoms with Gasteiger partial charge in [0.15, 0.2) is 6.61 Å². The number of nitriles is 1. The maximum Gasteiger partial charge on any atom is 0.422 e. The number of hydrogen-bond acceptors (Lipinski definition) is 6. The zero-order valence-electron chi connectivity index (χ0n) is 18.1. The predicted octanol–water partition coefficient (Wildman–Crippen LogP) is 3.87. The number of alkyl halides is 3. The first-order valence-corrected chi connectivity index (χ1v) is 12.1. The molecule has 182 valence electrons. The van der Waals surface area contributed by atoms with Gasteiger partial charge in [-0.05, 0) is 61.7 Å². The summed E-state index contributed by atoms with van der Waals surface area (Å²) in [7, 11) is -4.03. The average molecular weight is 497 g/mol. The summed E-state index contributed by atoms with van der Waals surface area (Å²) in [5.41, 5.74) is 1.11. The molecule has 0 saturated carbocycles. The number of carbonyl (C=O) groups is 1. The highest BCUT2D eigenvalue weighted by Crippen LogP contribution is 2.25. The molecule has 2 aromatic rings. The summed E-state index contributed by atoms with van der Waals surface area (Å²) in [6.07, 6.45) is -1.15. The van der Waals surface area contributed by atoms with Gasteiger partial charge in [0.1, 0.15) is 17.6 Å². The lowest BCUT2D eigenvalue weighted by Crippen LogP contribution is -2.29. The van der Waals surface area contributed by atoms with E-state index >= 15 is 0 Å². The maximum atomic E-state index is 12.4. The summed E-state index contributed by atoms with van der Waals surface area (Å²) < 4.78 is 68.6. The Bertz CT molecular complexity index is 1160. The van der Waals surface area contributed by atoms with E-state index in [-0.39, 0.29) is 17.0 Å². The SMILES string of the molecule is N#Cc1cc(NC(=O)CS(=O)(=O)Nc2ccc(N3CCCCC3)cc2)ccc1OCC(F)(F)F. The Labute approximate surface area is 195 Å². The van der Waals surface area contributed by atoms with Crippen LogP contribution >= 0.6 is 0 Å². The third kappa shape index (κ3) is 7.55. The highest BCUT2D eigenvalue weighted by Gasteiger charge is 2.29. The van der Waals surface area contributed by atoms with Crippen LogP contribution in [0.4, 0.5) is 30.2 Å². The summed E-state index contributed by atoms with van der Waals surface area (Å²) in [4.78, 5) is 14.4. The zero-order valence-corrected chi connectivity index (χ0v) is 18.9. The molecule has 1 amide bonds. The van der Waals surface area contributed by atoms with Crippen LogP contribution in [0.5, 0.6) is 5.75 Å². The van der Waals surface area contributed by atoms with Gasteiger partial charge in [-0.3, -0.25) is 9.52 Å². The molecule has 3 rings (SSSR count). The van der Waals surface area contributed by atoms with E-state index in [1.807, 2.05) is 12.1 Å². The number of hydrogen-bond donors (Lipinski definition) is 2. The van der Waals surface area contributed by atoms with Crippen LogP contribution in [0.1, 0.15) is 24.8 Å². The third-order valence-electron chi connectivity index (χ3n) is 4.96. The minimum atomic E-state index is -4.57. The number of sulfonamides is 1. The Morgan fingerprint density at radius 1 is 1.06 bits per heavy atom. The average Bonchev–Trinajstić information content (AvgIpc) is 2.78. The van der Waals surface area contributed by atoms with Gasteiger partial charge in [0.05, 0.1) is 5.56 Å². The molecular weight excluding hydrogens is 473 g/mol. The molecule has 1 saturated heterocycles. The van der Waals surface area contributed by atoms with E-state index in [0.717, 1.165) is 43.8 Å². The molecule has 1 aliphatic heterocycles. The Hall–Kier alpha value is -3.46. The fourth-order valence-corrected chi connectivity index (χ4v) is 4.44. The monoisotopic (exact) mass is 496 g/mol. The Morgan fingerprint density at radius 2 is 1.71 bits per heavy atom. The van der Waals surface area contributed by atoms with Crippen molar-refractivity contribution in [3.05, 3.63) is 48.0 Å². The van der Waals surface area contributed by atoms with Crippen LogP contribution in [0, 0.1) is 11.3 Å². The lowest BCUT2D eigenvalue weighted by molar-refractivity contribution is -0.153. The molecule has 2 aromatic carbocycles. The van der Waals surface area contributed by atoms with E-state index in [9.17, 15) is 26.4 Å². The van der Waals surface area contributed by atoms with Crippen molar-refractivity contribution in [2.24, 2.45) is 0 Å². The van der Waals surface area contributed by atoms with Crippen molar-refractivity contribution in [1.82, 2.24) is 0 Å². The van der Waals surface area contributed by atoms with Crippen molar-refractivity contribution in [2.45, 2.75) is 25.4 Å². The van der Waals surface area contributed by atoms with E-state index in [1.54, 1.807) is 18.2 Å². The number of amides is 1. The summed E-state index contributed by atoms with van der Waals surface area (Å²) in [5, 5.41) is 11.4. The summed E-state index contributed by atoms with van der Waals surface area (Å²) in [6.45, 7) is 0.332. The van der Waals surface area contributed by atoms with Crippen LogP contribution in [0.25, 0.3) is 0 Å². The molecule has 1 heterocycles. The van der Waals surface area contributed by atoms with Crippen LogP contribution in [0.3, 0.4) is 0 Å². The van der Waals surface area contributed by atoms with Crippen LogP contribution in [-0.4, -0.2) is 46.0 Å². The summed E-state index contributed by atoms with van der Waals surface area (Å²) in [5.74, 6) is -2.08. The standard InChI is InChI=1S/C22H23F3N4O4S/c23-22(24,25)15-33-20-9-6-18(12-16(20)13-26)27-21(30)14-34(31,32)28-17-4-7-19(8-5-17)29-10-2-1-3-11-29/h4-9,12,28H,1-3,10-11,14-15H2,(H,27,30). The Kier molecular flexibility index (Phi) is 7.88. The van der Waals surface area contributed by atoms with Crippen molar-refractivity contribution < 1.29 is 31.1 Å². The number of nitrogens with zero attached hydrogens (tertiary/aromatic N) is 2. The first kappa shape index (κ1) is 25.2. The minimum Gasteiger partial charge on any atom is -0.483 e. The molecule has 1 fully saturated rings.